The van der Waals surface area contributed by atoms with E-state index in [1.54, 1.807) is 17.0 Å². The number of hydrogen-bond donors (Lipinski definition) is 3. The molecular weight excluding hydrogens is 442 g/mol. The van der Waals surface area contributed by atoms with Gasteiger partial charge in [0.25, 0.3) is 11.8 Å². The molecule has 2 atom stereocenters. The molecule has 2 aliphatic heterocycles. The summed E-state index contributed by atoms with van der Waals surface area (Å²) in [5.41, 5.74) is 4.94. The first-order chi connectivity index (χ1) is 17.0. The van der Waals surface area contributed by atoms with Crippen molar-refractivity contribution in [2.24, 2.45) is 0 Å². The van der Waals surface area contributed by atoms with E-state index in [1.165, 1.54) is 11.1 Å². The van der Waals surface area contributed by atoms with Crippen LogP contribution in [0.1, 0.15) is 44.3 Å². The molecule has 180 valence electrons. The smallest absolute Gasteiger partial charge is 0.259 e. The summed E-state index contributed by atoms with van der Waals surface area (Å²) >= 11 is 0. The Morgan fingerprint density at radius 2 is 1.86 bits per heavy atom. The second-order valence-corrected chi connectivity index (χ2v) is 8.90. The fourth-order valence-electron chi connectivity index (χ4n) is 4.80. The van der Waals surface area contributed by atoms with Crippen LogP contribution in [0.3, 0.4) is 0 Å². The van der Waals surface area contributed by atoms with Crippen LogP contribution in [0.25, 0.3) is 0 Å². The average molecular weight is 472 g/mol. The molecule has 3 aromatic rings. The maximum atomic E-state index is 13.1. The minimum Gasteiger partial charge on any atom is -0.493 e. The Kier molecular flexibility index (Phi) is 6.53. The monoisotopic (exact) mass is 471 g/mol. The van der Waals surface area contributed by atoms with Crippen molar-refractivity contribution in [3.63, 3.8) is 0 Å². The number of hydrogen-bond acceptors (Lipinski definition) is 5. The molecule has 35 heavy (non-hydrogen) atoms. The Labute approximate surface area is 204 Å². The second-order valence-electron chi connectivity index (χ2n) is 8.90. The number of fused-ring (bicyclic) bond motifs is 2. The highest BCUT2D eigenvalue weighted by Gasteiger charge is 2.31. The highest BCUT2D eigenvalue weighted by Crippen LogP contribution is 2.33. The van der Waals surface area contributed by atoms with Crippen molar-refractivity contribution in [2.45, 2.75) is 38.6 Å². The number of benzene rings is 3. The molecule has 2 amide bonds. The molecular formula is C28H29N3O4. The first kappa shape index (κ1) is 23.1. The standard InChI is InChI=1S/C28H29N3O4/c1-2-35-26-14-22-20(17-31(28(22)34)21-10-4-3-5-11-21)12-23(26)27(33)30-16-25(32)24-13-18-8-6-7-9-19(18)15-29-24/h3-12,14,24-25,29,32H,2,13,15-17H2,1H3,(H,30,33). The number of para-hydroxylation sites is 1. The SMILES string of the molecule is CCOc1cc2c(cc1C(=O)NCC(O)C1Cc3ccccc3CN1)CN(c1ccccc1)C2=O. The largest absolute Gasteiger partial charge is 0.493 e. The van der Waals surface area contributed by atoms with Crippen molar-refractivity contribution in [3.05, 3.63) is 94.5 Å². The quantitative estimate of drug-likeness (QED) is 0.493. The number of rotatable bonds is 7. The first-order valence-corrected chi connectivity index (χ1v) is 12.0. The zero-order chi connectivity index (χ0) is 24.4. The summed E-state index contributed by atoms with van der Waals surface area (Å²) in [6.07, 6.45) is -0.0411. The molecule has 7 nitrogen and oxygen atoms in total. The maximum Gasteiger partial charge on any atom is 0.259 e. The van der Waals surface area contributed by atoms with Crippen molar-refractivity contribution in [1.82, 2.24) is 10.6 Å². The molecule has 7 heteroatoms. The molecule has 0 fully saturated rings. The van der Waals surface area contributed by atoms with Crippen LogP contribution in [0.4, 0.5) is 5.69 Å². The number of carbonyl (C=O) groups is 2. The third-order valence-corrected chi connectivity index (χ3v) is 6.67. The lowest BCUT2D eigenvalue weighted by Crippen LogP contribution is -2.49. The van der Waals surface area contributed by atoms with E-state index in [0.29, 0.717) is 43.0 Å². The summed E-state index contributed by atoms with van der Waals surface area (Å²) in [6.45, 7) is 3.39. The van der Waals surface area contributed by atoms with Gasteiger partial charge in [-0.3, -0.25) is 9.59 Å². The van der Waals surface area contributed by atoms with Gasteiger partial charge in [0, 0.05) is 30.4 Å². The Balaban J connectivity index is 1.30. The Morgan fingerprint density at radius 3 is 2.63 bits per heavy atom. The molecule has 2 aliphatic rings. The van der Waals surface area contributed by atoms with E-state index in [2.05, 4.69) is 22.8 Å². The molecule has 2 unspecified atom stereocenters. The first-order valence-electron chi connectivity index (χ1n) is 12.0. The van der Waals surface area contributed by atoms with Crippen LogP contribution < -0.4 is 20.3 Å². The van der Waals surface area contributed by atoms with E-state index in [9.17, 15) is 14.7 Å². The molecule has 0 bridgehead atoms. The molecule has 0 aromatic heterocycles. The van der Waals surface area contributed by atoms with Crippen LogP contribution >= 0.6 is 0 Å². The van der Waals surface area contributed by atoms with Crippen LogP contribution in [0.2, 0.25) is 0 Å². The normalized spacial score (nSPS) is 17.5. The van der Waals surface area contributed by atoms with Gasteiger partial charge in [-0.15, -0.1) is 0 Å². The lowest BCUT2D eigenvalue weighted by molar-refractivity contribution is 0.0866. The van der Waals surface area contributed by atoms with Gasteiger partial charge in [0.15, 0.2) is 0 Å². The van der Waals surface area contributed by atoms with E-state index < -0.39 is 6.10 Å². The van der Waals surface area contributed by atoms with Crippen LogP contribution in [0.5, 0.6) is 5.75 Å². The third kappa shape index (κ3) is 4.65. The van der Waals surface area contributed by atoms with Gasteiger partial charge in [-0.25, -0.2) is 0 Å². The maximum absolute atomic E-state index is 13.1. The van der Waals surface area contributed by atoms with E-state index in [4.69, 9.17) is 4.74 Å². The number of aliphatic hydroxyl groups excluding tert-OH is 1. The number of nitrogens with one attached hydrogen (secondary N) is 2. The number of carbonyl (C=O) groups excluding carboxylic acids is 2. The number of ether oxygens (including phenoxy) is 1. The van der Waals surface area contributed by atoms with Gasteiger partial charge in [-0.1, -0.05) is 42.5 Å². The topological polar surface area (TPSA) is 90.9 Å². The summed E-state index contributed by atoms with van der Waals surface area (Å²) in [6, 6.07) is 20.9. The van der Waals surface area contributed by atoms with Gasteiger partial charge < -0.3 is 25.4 Å². The minimum absolute atomic E-state index is 0.108. The molecule has 0 saturated heterocycles. The van der Waals surface area contributed by atoms with Gasteiger partial charge >= 0.3 is 0 Å². The van der Waals surface area contributed by atoms with Crippen LogP contribution in [-0.4, -0.2) is 42.2 Å². The Morgan fingerprint density at radius 1 is 1.11 bits per heavy atom. The summed E-state index contributed by atoms with van der Waals surface area (Å²) in [7, 11) is 0. The van der Waals surface area contributed by atoms with E-state index in [-0.39, 0.29) is 24.4 Å². The van der Waals surface area contributed by atoms with Crippen LogP contribution in [-0.2, 0) is 19.5 Å². The number of aliphatic hydroxyl groups is 1. The Hall–Kier alpha value is -3.68. The molecule has 0 aliphatic carbocycles. The van der Waals surface area contributed by atoms with Gasteiger partial charge in [-0.05, 0) is 54.3 Å². The van der Waals surface area contributed by atoms with Crippen molar-refractivity contribution in [3.8, 4) is 5.75 Å². The van der Waals surface area contributed by atoms with Crippen molar-refractivity contribution in [2.75, 3.05) is 18.1 Å². The summed E-state index contributed by atoms with van der Waals surface area (Å²) in [4.78, 5) is 27.9. The fourth-order valence-corrected chi connectivity index (χ4v) is 4.80. The van der Waals surface area contributed by atoms with Gasteiger partial charge in [-0.2, -0.15) is 0 Å². The molecule has 3 N–H and O–H groups in total. The zero-order valence-corrected chi connectivity index (χ0v) is 19.7. The highest BCUT2D eigenvalue weighted by atomic mass is 16.5. The average Bonchev–Trinajstić information content (AvgIpc) is 3.22. The number of nitrogens with zero attached hydrogens (tertiary/aromatic N) is 1. The van der Waals surface area contributed by atoms with Gasteiger partial charge in [0.2, 0.25) is 0 Å². The van der Waals surface area contributed by atoms with E-state index in [1.807, 2.05) is 49.4 Å². The van der Waals surface area contributed by atoms with Crippen LogP contribution in [0, 0.1) is 0 Å². The van der Waals surface area contributed by atoms with E-state index in [0.717, 1.165) is 11.3 Å². The lowest BCUT2D eigenvalue weighted by Gasteiger charge is -2.30. The van der Waals surface area contributed by atoms with Crippen molar-refractivity contribution >= 4 is 17.5 Å². The van der Waals surface area contributed by atoms with Crippen molar-refractivity contribution in [1.29, 1.82) is 0 Å². The molecule has 3 aromatic carbocycles. The van der Waals surface area contributed by atoms with Crippen LogP contribution in [0.15, 0.2) is 66.7 Å². The molecule has 2 heterocycles. The summed E-state index contributed by atoms with van der Waals surface area (Å²) in [5, 5.41) is 17.0. The van der Waals surface area contributed by atoms with Gasteiger partial charge in [0.1, 0.15) is 5.75 Å². The molecule has 0 spiro atoms. The van der Waals surface area contributed by atoms with Crippen molar-refractivity contribution < 1.29 is 19.4 Å². The summed E-state index contributed by atoms with van der Waals surface area (Å²) < 4.78 is 5.73. The highest BCUT2D eigenvalue weighted by molar-refractivity contribution is 6.11. The fraction of sp³-hybridized carbons (Fsp3) is 0.286. The predicted molar refractivity (Wildman–Crippen MR) is 134 cm³/mol. The molecule has 0 saturated carbocycles. The molecule has 5 rings (SSSR count). The Bertz CT molecular complexity index is 1240. The second kappa shape index (κ2) is 9.90. The third-order valence-electron chi connectivity index (χ3n) is 6.67. The predicted octanol–water partition coefficient (Wildman–Crippen LogP) is 3.05. The van der Waals surface area contributed by atoms with E-state index >= 15 is 0 Å². The zero-order valence-electron chi connectivity index (χ0n) is 19.7. The number of anilines is 1. The summed E-state index contributed by atoms with van der Waals surface area (Å²) in [5.74, 6) is -0.0819. The minimum atomic E-state index is -0.743. The number of amides is 2. The molecule has 0 radical (unpaired) electrons. The lowest BCUT2D eigenvalue weighted by atomic mass is 9.93. The van der Waals surface area contributed by atoms with Gasteiger partial charge in [0.05, 0.1) is 24.8 Å².